The quantitative estimate of drug-likeness (QED) is 0.330. The summed E-state index contributed by atoms with van der Waals surface area (Å²) in [6.45, 7) is 4.32. The van der Waals surface area contributed by atoms with Crippen LogP contribution in [0.25, 0.3) is 0 Å². The number of sulfone groups is 1. The van der Waals surface area contributed by atoms with Gasteiger partial charge in [-0.05, 0) is 37.0 Å². The number of amides is 1. The molecule has 2 heterocycles. The fourth-order valence-corrected chi connectivity index (χ4v) is 6.69. The Labute approximate surface area is 209 Å². The van der Waals surface area contributed by atoms with Crippen LogP contribution in [0.4, 0.5) is 0 Å². The monoisotopic (exact) mass is 515 g/mol. The molecule has 0 saturated carbocycles. The Balaban J connectivity index is 1.60. The van der Waals surface area contributed by atoms with Crippen molar-refractivity contribution in [2.75, 3.05) is 11.5 Å². The summed E-state index contributed by atoms with van der Waals surface area (Å²) in [5, 5.41) is 0.602. The highest BCUT2D eigenvalue weighted by Crippen LogP contribution is 2.27. The fourth-order valence-electron chi connectivity index (χ4n) is 3.90. The zero-order valence-electron chi connectivity index (χ0n) is 19.1. The highest BCUT2D eigenvalue weighted by molar-refractivity contribution is 7.98. The van der Waals surface area contributed by atoms with Crippen LogP contribution in [0, 0.1) is 13.8 Å². The number of benzene rings is 2. The molecule has 9 heteroatoms. The average molecular weight is 516 g/mol. The molecule has 178 valence electrons. The van der Waals surface area contributed by atoms with Gasteiger partial charge in [0.05, 0.1) is 22.7 Å². The predicted octanol–water partition coefficient (Wildman–Crippen LogP) is 4.87. The normalized spacial score (nSPS) is 17.0. The Morgan fingerprint density at radius 2 is 1.88 bits per heavy atom. The van der Waals surface area contributed by atoms with E-state index >= 15 is 0 Å². The van der Waals surface area contributed by atoms with Gasteiger partial charge in [-0.3, -0.25) is 4.79 Å². The number of halogens is 1. The summed E-state index contributed by atoms with van der Waals surface area (Å²) >= 11 is 7.79. The third-order valence-electron chi connectivity index (χ3n) is 5.93. The number of carbonyl (C=O) groups is 1. The second-order valence-corrected chi connectivity index (χ2v) is 12.1. The maximum Gasteiger partial charge on any atom is 0.274 e. The molecule has 1 aliphatic heterocycles. The molecular weight excluding hydrogens is 490 g/mol. The van der Waals surface area contributed by atoms with Crippen molar-refractivity contribution in [3.8, 4) is 0 Å². The lowest BCUT2D eigenvalue weighted by molar-refractivity contribution is 0.0674. The van der Waals surface area contributed by atoms with Crippen molar-refractivity contribution in [2.24, 2.45) is 0 Å². The van der Waals surface area contributed by atoms with Gasteiger partial charge >= 0.3 is 0 Å². The zero-order valence-corrected chi connectivity index (χ0v) is 21.5. The summed E-state index contributed by atoms with van der Waals surface area (Å²) in [6, 6.07) is 15.5. The number of nitrogens with zero attached hydrogens (tertiary/aromatic N) is 3. The molecule has 2 aromatic carbocycles. The zero-order chi connectivity index (χ0) is 24.3. The van der Waals surface area contributed by atoms with Crippen molar-refractivity contribution in [3.05, 3.63) is 87.7 Å². The molecule has 1 amide bonds. The van der Waals surface area contributed by atoms with Crippen molar-refractivity contribution in [2.45, 2.75) is 43.8 Å². The number of hydrogen-bond donors (Lipinski definition) is 0. The maximum absolute atomic E-state index is 13.7. The molecule has 0 aliphatic carbocycles. The number of hydrogen-bond acceptors (Lipinski definition) is 6. The Morgan fingerprint density at radius 1 is 1.15 bits per heavy atom. The van der Waals surface area contributed by atoms with Crippen LogP contribution in [-0.4, -0.2) is 46.7 Å². The van der Waals surface area contributed by atoms with Crippen molar-refractivity contribution in [1.29, 1.82) is 0 Å². The van der Waals surface area contributed by atoms with Crippen molar-refractivity contribution < 1.29 is 13.2 Å². The molecule has 1 unspecified atom stereocenters. The van der Waals surface area contributed by atoms with Crippen LogP contribution in [0.15, 0.2) is 59.9 Å². The van der Waals surface area contributed by atoms with Gasteiger partial charge < -0.3 is 4.90 Å². The molecule has 4 rings (SSSR count). The van der Waals surface area contributed by atoms with Gasteiger partial charge in [0.25, 0.3) is 5.91 Å². The topological polar surface area (TPSA) is 80.2 Å². The minimum Gasteiger partial charge on any atom is -0.329 e. The fraction of sp³-hybridized carbons (Fsp3) is 0.320. The Kier molecular flexibility index (Phi) is 7.60. The van der Waals surface area contributed by atoms with Crippen LogP contribution in [0.1, 0.15) is 39.2 Å². The van der Waals surface area contributed by atoms with Gasteiger partial charge in [-0.25, -0.2) is 18.4 Å². The van der Waals surface area contributed by atoms with Crippen LogP contribution in [0.2, 0.25) is 5.02 Å². The Morgan fingerprint density at radius 3 is 2.56 bits per heavy atom. The largest absolute Gasteiger partial charge is 0.329 e. The smallest absolute Gasteiger partial charge is 0.274 e. The van der Waals surface area contributed by atoms with Crippen molar-refractivity contribution in [1.82, 2.24) is 14.9 Å². The number of carbonyl (C=O) groups excluding carboxylic acids is 1. The molecular formula is C25H26ClN3O3S2. The first kappa shape index (κ1) is 24.7. The van der Waals surface area contributed by atoms with E-state index in [1.807, 2.05) is 62.4 Å². The summed E-state index contributed by atoms with van der Waals surface area (Å²) < 4.78 is 24.4. The number of aryl methyl sites for hydroxylation is 2. The van der Waals surface area contributed by atoms with Gasteiger partial charge in [-0.2, -0.15) is 0 Å². The molecule has 0 radical (unpaired) electrons. The summed E-state index contributed by atoms with van der Waals surface area (Å²) in [7, 11) is -3.18. The van der Waals surface area contributed by atoms with Crippen LogP contribution >= 0.6 is 23.4 Å². The minimum absolute atomic E-state index is 0.0534. The van der Waals surface area contributed by atoms with E-state index in [4.69, 9.17) is 11.6 Å². The maximum atomic E-state index is 13.7. The van der Waals surface area contributed by atoms with E-state index in [0.29, 0.717) is 17.3 Å². The van der Waals surface area contributed by atoms with Crippen LogP contribution in [0.3, 0.4) is 0 Å². The second-order valence-electron chi connectivity index (χ2n) is 8.54. The highest BCUT2D eigenvalue weighted by atomic mass is 35.5. The van der Waals surface area contributed by atoms with E-state index in [1.54, 1.807) is 4.90 Å². The van der Waals surface area contributed by atoms with E-state index in [0.717, 1.165) is 16.7 Å². The SMILES string of the molecule is Cc1ccc(CN(C(=O)c2nc(SCc3ccccc3C)ncc2Cl)C2CCS(=O)(=O)C2)cc1. The van der Waals surface area contributed by atoms with Crippen molar-refractivity contribution >= 4 is 39.1 Å². The van der Waals surface area contributed by atoms with Gasteiger partial charge in [-0.15, -0.1) is 0 Å². The van der Waals surface area contributed by atoms with Crippen LogP contribution < -0.4 is 0 Å². The summed E-state index contributed by atoms with van der Waals surface area (Å²) in [5.74, 6) is 0.301. The van der Waals surface area contributed by atoms with Gasteiger partial charge in [-0.1, -0.05) is 77.5 Å². The molecule has 6 nitrogen and oxygen atoms in total. The second kappa shape index (κ2) is 10.5. The Bertz CT molecular complexity index is 1300. The van der Waals surface area contributed by atoms with E-state index in [1.165, 1.54) is 23.5 Å². The van der Waals surface area contributed by atoms with E-state index in [-0.39, 0.29) is 34.7 Å². The van der Waals surface area contributed by atoms with E-state index in [9.17, 15) is 13.2 Å². The molecule has 0 spiro atoms. The third kappa shape index (κ3) is 5.98. The van der Waals surface area contributed by atoms with Crippen LogP contribution in [0.5, 0.6) is 0 Å². The van der Waals surface area contributed by atoms with Crippen LogP contribution in [-0.2, 0) is 22.1 Å². The first-order valence-corrected chi connectivity index (χ1v) is 14.2. The molecule has 1 aliphatic rings. The lowest BCUT2D eigenvalue weighted by Gasteiger charge is -2.28. The van der Waals surface area contributed by atoms with E-state index < -0.39 is 15.9 Å². The number of rotatable bonds is 7. The van der Waals surface area contributed by atoms with Gasteiger partial charge in [0.15, 0.2) is 20.7 Å². The molecule has 1 aromatic heterocycles. The highest BCUT2D eigenvalue weighted by Gasteiger charge is 2.36. The molecule has 0 N–H and O–H groups in total. The summed E-state index contributed by atoms with van der Waals surface area (Å²) in [5.41, 5.74) is 4.46. The van der Waals surface area contributed by atoms with Gasteiger partial charge in [0.2, 0.25) is 0 Å². The molecule has 1 atom stereocenters. The number of thioether (sulfide) groups is 1. The first-order chi connectivity index (χ1) is 16.2. The molecule has 0 bridgehead atoms. The molecule has 1 saturated heterocycles. The molecule has 34 heavy (non-hydrogen) atoms. The number of aromatic nitrogens is 2. The molecule has 1 fully saturated rings. The lowest BCUT2D eigenvalue weighted by Crippen LogP contribution is -2.41. The Hall–Kier alpha value is -2.42. The predicted molar refractivity (Wildman–Crippen MR) is 136 cm³/mol. The summed E-state index contributed by atoms with van der Waals surface area (Å²) in [4.78, 5) is 24.0. The minimum atomic E-state index is -3.18. The standard InChI is InChI=1S/C25H26ClN3O3S2/c1-17-7-9-19(10-8-17)14-29(21-11-12-34(31,32)16-21)24(30)23-22(26)13-27-25(28-23)33-15-20-6-4-3-5-18(20)2/h3-10,13,21H,11-12,14-16H2,1-2H3. The van der Waals surface area contributed by atoms with Gasteiger partial charge in [0.1, 0.15) is 0 Å². The average Bonchev–Trinajstić information content (AvgIpc) is 3.18. The van der Waals surface area contributed by atoms with E-state index in [2.05, 4.69) is 9.97 Å². The first-order valence-electron chi connectivity index (χ1n) is 11.0. The van der Waals surface area contributed by atoms with Crippen molar-refractivity contribution in [3.63, 3.8) is 0 Å². The lowest BCUT2D eigenvalue weighted by atomic mass is 10.1. The summed E-state index contributed by atoms with van der Waals surface area (Å²) in [6.07, 6.45) is 1.84. The third-order valence-corrected chi connectivity index (χ3v) is 8.86. The molecule has 3 aromatic rings. The van der Waals surface area contributed by atoms with Gasteiger partial charge in [0, 0.05) is 18.3 Å².